The maximum atomic E-state index is 11.5. The largest absolute Gasteiger partial charge is 0.472 e. The minimum Gasteiger partial charge on any atom is -0.472 e. The molecule has 0 radical (unpaired) electrons. The molecule has 0 bridgehead atoms. The average Bonchev–Trinajstić information content (AvgIpc) is 3.08. The second-order valence-electron chi connectivity index (χ2n) is 4.08. The SMILES string of the molecule is NC(=O)c1cc(-c2ccncc2)[nH]c1-c1ccoc1. The van der Waals surface area contributed by atoms with Gasteiger partial charge in [-0.25, -0.2) is 0 Å². The maximum absolute atomic E-state index is 11.5. The highest BCUT2D eigenvalue weighted by molar-refractivity contribution is 6.00. The van der Waals surface area contributed by atoms with Gasteiger partial charge in [0, 0.05) is 29.2 Å². The minimum atomic E-state index is -0.479. The molecular weight excluding hydrogens is 242 g/mol. The van der Waals surface area contributed by atoms with Gasteiger partial charge in [0.15, 0.2) is 0 Å². The highest BCUT2D eigenvalue weighted by Gasteiger charge is 2.16. The Morgan fingerprint density at radius 2 is 2.00 bits per heavy atom. The van der Waals surface area contributed by atoms with E-state index >= 15 is 0 Å². The van der Waals surface area contributed by atoms with Crippen molar-refractivity contribution in [2.45, 2.75) is 0 Å². The first kappa shape index (κ1) is 11.3. The zero-order chi connectivity index (χ0) is 13.2. The predicted molar refractivity (Wildman–Crippen MR) is 70.2 cm³/mol. The van der Waals surface area contributed by atoms with E-state index in [0.29, 0.717) is 11.3 Å². The van der Waals surface area contributed by atoms with E-state index in [1.165, 1.54) is 0 Å². The van der Waals surface area contributed by atoms with Crippen LogP contribution in [0.1, 0.15) is 10.4 Å². The lowest BCUT2D eigenvalue weighted by molar-refractivity contribution is 0.100. The van der Waals surface area contributed by atoms with Crippen molar-refractivity contribution in [3.05, 3.63) is 54.7 Å². The molecule has 3 aromatic rings. The lowest BCUT2D eigenvalue weighted by Crippen LogP contribution is -2.10. The van der Waals surface area contributed by atoms with Crippen LogP contribution in [0.5, 0.6) is 0 Å². The molecule has 0 saturated heterocycles. The molecule has 0 unspecified atom stereocenters. The number of pyridine rings is 1. The van der Waals surface area contributed by atoms with Crippen molar-refractivity contribution in [2.75, 3.05) is 0 Å². The molecule has 0 aliphatic carbocycles. The van der Waals surface area contributed by atoms with E-state index < -0.39 is 5.91 Å². The molecule has 3 aromatic heterocycles. The normalized spacial score (nSPS) is 10.5. The first-order valence-corrected chi connectivity index (χ1v) is 5.71. The standard InChI is InChI=1S/C14H11N3O2/c15-14(18)11-7-12(9-1-4-16-5-2-9)17-13(11)10-3-6-19-8-10/h1-8,17H,(H2,15,18). The molecule has 5 nitrogen and oxygen atoms in total. The number of carbonyl (C=O) groups excluding carboxylic acids is 1. The molecule has 0 aliphatic heterocycles. The van der Waals surface area contributed by atoms with Crippen LogP contribution < -0.4 is 5.73 Å². The molecule has 0 fully saturated rings. The van der Waals surface area contributed by atoms with Crippen molar-refractivity contribution in [1.82, 2.24) is 9.97 Å². The van der Waals surface area contributed by atoms with Gasteiger partial charge < -0.3 is 15.1 Å². The van der Waals surface area contributed by atoms with Crippen LogP contribution in [0.4, 0.5) is 0 Å². The molecule has 3 rings (SSSR count). The van der Waals surface area contributed by atoms with Crippen LogP contribution in [0.15, 0.2) is 53.6 Å². The molecule has 3 heterocycles. The number of aromatic amines is 1. The van der Waals surface area contributed by atoms with Gasteiger partial charge in [0.2, 0.25) is 0 Å². The van der Waals surface area contributed by atoms with Crippen molar-refractivity contribution >= 4 is 5.91 Å². The van der Waals surface area contributed by atoms with Crippen molar-refractivity contribution in [3.63, 3.8) is 0 Å². The Morgan fingerprint density at radius 3 is 2.63 bits per heavy atom. The summed E-state index contributed by atoms with van der Waals surface area (Å²) in [5, 5.41) is 0. The number of furan rings is 1. The molecule has 0 aliphatic rings. The fourth-order valence-electron chi connectivity index (χ4n) is 1.97. The Morgan fingerprint density at radius 1 is 1.21 bits per heavy atom. The van der Waals surface area contributed by atoms with Crippen LogP contribution >= 0.6 is 0 Å². The fraction of sp³-hybridized carbons (Fsp3) is 0. The van der Waals surface area contributed by atoms with Crippen molar-refractivity contribution in [2.24, 2.45) is 5.73 Å². The van der Waals surface area contributed by atoms with Gasteiger partial charge in [-0.1, -0.05) is 0 Å². The number of carbonyl (C=O) groups is 1. The van der Waals surface area contributed by atoms with Crippen molar-refractivity contribution in [3.8, 4) is 22.5 Å². The van der Waals surface area contributed by atoms with Gasteiger partial charge in [0.25, 0.3) is 5.91 Å². The summed E-state index contributed by atoms with van der Waals surface area (Å²) in [5.74, 6) is -0.479. The van der Waals surface area contributed by atoms with Crippen LogP contribution in [0.2, 0.25) is 0 Å². The summed E-state index contributed by atoms with van der Waals surface area (Å²) in [6, 6.07) is 7.22. The van der Waals surface area contributed by atoms with Crippen LogP contribution in [0.3, 0.4) is 0 Å². The van der Waals surface area contributed by atoms with Gasteiger partial charge in [-0.2, -0.15) is 0 Å². The number of aromatic nitrogens is 2. The van der Waals surface area contributed by atoms with Crippen LogP contribution in [-0.2, 0) is 0 Å². The molecule has 0 spiro atoms. The summed E-state index contributed by atoms with van der Waals surface area (Å²) < 4.78 is 5.04. The molecule has 0 aromatic carbocycles. The fourth-order valence-corrected chi connectivity index (χ4v) is 1.97. The lowest BCUT2D eigenvalue weighted by Gasteiger charge is -1.97. The molecule has 1 amide bonds. The minimum absolute atomic E-state index is 0.438. The Bertz CT molecular complexity index is 700. The van der Waals surface area contributed by atoms with Gasteiger partial charge in [0.05, 0.1) is 23.8 Å². The monoisotopic (exact) mass is 253 g/mol. The van der Waals surface area contributed by atoms with Gasteiger partial charge >= 0.3 is 0 Å². The molecule has 19 heavy (non-hydrogen) atoms. The molecule has 0 saturated carbocycles. The third-order valence-electron chi connectivity index (χ3n) is 2.88. The van der Waals surface area contributed by atoms with E-state index in [1.54, 1.807) is 37.1 Å². The van der Waals surface area contributed by atoms with E-state index in [-0.39, 0.29) is 0 Å². The number of amides is 1. The second-order valence-corrected chi connectivity index (χ2v) is 4.08. The summed E-state index contributed by atoms with van der Waals surface area (Å²) in [6.07, 6.45) is 6.50. The van der Waals surface area contributed by atoms with Crippen molar-refractivity contribution < 1.29 is 9.21 Å². The van der Waals surface area contributed by atoms with Crippen LogP contribution in [0, 0.1) is 0 Å². The number of nitrogens with one attached hydrogen (secondary N) is 1. The number of nitrogens with zero attached hydrogens (tertiary/aromatic N) is 1. The molecular formula is C14H11N3O2. The van der Waals surface area contributed by atoms with Gasteiger partial charge in [-0.05, 0) is 24.3 Å². The zero-order valence-corrected chi connectivity index (χ0v) is 9.96. The summed E-state index contributed by atoms with van der Waals surface area (Å²) in [4.78, 5) is 18.7. The third-order valence-corrected chi connectivity index (χ3v) is 2.88. The Balaban J connectivity index is 2.15. The molecule has 5 heteroatoms. The van der Waals surface area contributed by atoms with Crippen molar-refractivity contribution in [1.29, 1.82) is 0 Å². The van der Waals surface area contributed by atoms with E-state index in [1.807, 2.05) is 12.1 Å². The summed E-state index contributed by atoms with van der Waals surface area (Å²) >= 11 is 0. The quantitative estimate of drug-likeness (QED) is 0.751. The number of nitrogens with two attached hydrogens (primary N) is 1. The van der Waals surface area contributed by atoms with Gasteiger partial charge in [0.1, 0.15) is 0 Å². The highest BCUT2D eigenvalue weighted by Crippen LogP contribution is 2.28. The van der Waals surface area contributed by atoms with Gasteiger partial charge in [-0.3, -0.25) is 9.78 Å². The Kier molecular flexibility index (Phi) is 2.64. The molecule has 0 atom stereocenters. The first-order chi connectivity index (χ1) is 9.25. The number of primary amides is 1. The third kappa shape index (κ3) is 2.01. The lowest BCUT2D eigenvalue weighted by atomic mass is 10.1. The molecule has 3 N–H and O–H groups in total. The van der Waals surface area contributed by atoms with Crippen LogP contribution in [0.25, 0.3) is 22.5 Å². The summed E-state index contributed by atoms with van der Waals surface area (Å²) in [6.45, 7) is 0. The van der Waals surface area contributed by atoms with Gasteiger partial charge in [-0.15, -0.1) is 0 Å². The number of hydrogen-bond acceptors (Lipinski definition) is 3. The Hall–Kier alpha value is -2.82. The smallest absolute Gasteiger partial charge is 0.250 e. The summed E-state index contributed by atoms with van der Waals surface area (Å²) in [5.41, 5.74) is 9.04. The maximum Gasteiger partial charge on any atom is 0.250 e. The van der Waals surface area contributed by atoms with E-state index in [9.17, 15) is 4.79 Å². The number of rotatable bonds is 3. The predicted octanol–water partition coefficient (Wildman–Crippen LogP) is 2.44. The van der Waals surface area contributed by atoms with E-state index in [0.717, 1.165) is 16.8 Å². The molecule has 94 valence electrons. The van der Waals surface area contributed by atoms with E-state index in [2.05, 4.69) is 9.97 Å². The average molecular weight is 253 g/mol. The first-order valence-electron chi connectivity index (χ1n) is 5.71. The topological polar surface area (TPSA) is 84.9 Å². The summed E-state index contributed by atoms with van der Waals surface area (Å²) in [7, 11) is 0. The second kappa shape index (κ2) is 4.45. The number of hydrogen-bond donors (Lipinski definition) is 2. The van der Waals surface area contributed by atoms with Crippen LogP contribution in [-0.4, -0.2) is 15.9 Å². The van der Waals surface area contributed by atoms with E-state index in [4.69, 9.17) is 10.2 Å². The zero-order valence-electron chi connectivity index (χ0n) is 9.96. The Labute approximate surface area is 109 Å². The number of H-pyrrole nitrogens is 1. The highest BCUT2D eigenvalue weighted by atomic mass is 16.3.